The van der Waals surface area contributed by atoms with E-state index in [4.69, 9.17) is 9.97 Å². The largest absolute Gasteiger partial charge is 0.278 e. The second kappa shape index (κ2) is 12.6. The van der Waals surface area contributed by atoms with Crippen LogP contribution in [-0.4, -0.2) is 14.5 Å². The molecule has 11 aromatic rings. The summed E-state index contributed by atoms with van der Waals surface area (Å²) in [5, 5.41) is 8.39. The summed E-state index contributed by atoms with van der Waals surface area (Å²) in [5.74, 6) is 0.909. The molecule has 0 N–H and O–H groups in total. The highest BCUT2D eigenvalue weighted by atomic mass is 15.2. The lowest BCUT2D eigenvalue weighted by molar-refractivity contribution is 0.795. The minimum Gasteiger partial charge on any atom is -0.278 e. The number of nitrogens with zero attached hydrogens (tertiary/aromatic N) is 3. The summed E-state index contributed by atoms with van der Waals surface area (Å²) in [7, 11) is 0. The van der Waals surface area contributed by atoms with Gasteiger partial charge in [-0.2, -0.15) is 0 Å². The molecule has 3 nitrogen and oxygen atoms in total. The normalized spacial score (nSPS) is 13.7. The van der Waals surface area contributed by atoms with Crippen LogP contribution >= 0.6 is 0 Å². The SMILES string of the molecule is c1cc(-c2ccc3ccccc3c2)cc(-c2nc(-n3c4ccc(C5Cc6ccccc6-c6ccccc65)cc4c4c5ccccc5ccc43)nc3ccccc23)c1. The Balaban J connectivity index is 1.08. The number of rotatable bonds is 4. The van der Waals surface area contributed by atoms with Crippen molar-refractivity contribution in [3.05, 3.63) is 211 Å². The van der Waals surface area contributed by atoms with Gasteiger partial charge in [-0.25, -0.2) is 9.97 Å². The van der Waals surface area contributed by atoms with Crippen molar-refractivity contribution >= 4 is 54.3 Å². The molecule has 1 aliphatic rings. The average Bonchev–Trinajstić information content (AvgIpc) is 3.62. The molecule has 2 aromatic heterocycles. The standard InChI is InChI=1S/C54H35N3/c1-2-14-36-30-38(25-24-34(36)12-1)37-16-11-17-41(31-37)53-46-22-9-10-23-49(46)55-54(56-53)57-50-28-27-40(33-48(50)52-43-19-6-3-13-35(43)26-29-51(52)57)47-32-39-15-4-5-18-42(39)44-20-7-8-21-45(44)47/h1-31,33,47H,32H2. The molecule has 57 heavy (non-hydrogen) atoms. The maximum atomic E-state index is 5.50. The Morgan fingerprint density at radius 1 is 0.439 bits per heavy atom. The molecule has 0 saturated heterocycles. The van der Waals surface area contributed by atoms with Crippen LogP contribution in [0, 0.1) is 0 Å². The highest BCUT2D eigenvalue weighted by molar-refractivity contribution is 6.21. The molecular formula is C54H35N3. The predicted octanol–water partition coefficient (Wildman–Crippen LogP) is 13.7. The summed E-state index contributed by atoms with van der Waals surface area (Å²) < 4.78 is 2.29. The van der Waals surface area contributed by atoms with Crippen LogP contribution in [0.2, 0.25) is 0 Å². The van der Waals surface area contributed by atoms with E-state index in [-0.39, 0.29) is 5.92 Å². The maximum Gasteiger partial charge on any atom is 0.235 e. The van der Waals surface area contributed by atoms with Crippen LogP contribution in [0.15, 0.2) is 194 Å². The molecule has 2 heterocycles. The quantitative estimate of drug-likeness (QED) is 0.181. The molecule has 1 atom stereocenters. The van der Waals surface area contributed by atoms with Gasteiger partial charge in [0.2, 0.25) is 5.95 Å². The maximum absolute atomic E-state index is 5.50. The van der Waals surface area contributed by atoms with Crippen LogP contribution in [0.5, 0.6) is 0 Å². The Labute approximate surface area is 330 Å². The summed E-state index contributed by atoms with van der Waals surface area (Å²) in [5.41, 5.74) is 14.2. The second-order valence-corrected chi connectivity index (χ2v) is 15.3. The summed E-state index contributed by atoms with van der Waals surface area (Å²) in [6.45, 7) is 0. The minimum atomic E-state index is 0.243. The Hall–Kier alpha value is -7.36. The molecule has 0 fully saturated rings. The van der Waals surface area contributed by atoms with E-state index in [2.05, 4.69) is 199 Å². The van der Waals surface area contributed by atoms with Gasteiger partial charge in [0.05, 0.1) is 22.2 Å². The Morgan fingerprint density at radius 2 is 1.14 bits per heavy atom. The third kappa shape index (κ3) is 5.06. The number of benzene rings is 9. The van der Waals surface area contributed by atoms with E-state index >= 15 is 0 Å². The minimum absolute atomic E-state index is 0.243. The number of hydrogen-bond donors (Lipinski definition) is 0. The molecule has 0 amide bonds. The number of aromatic nitrogens is 3. The number of para-hydroxylation sites is 1. The third-order valence-corrected chi connectivity index (χ3v) is 12.2. The zero-order chi connectivity index (χ0) is 37.5. The predicted molar refractivity (Wildman–Crippen MR) is 237 cm³/mol. The molecule has 9 aromatic carbocycles. The number of fused-ring (bicyclic) bond motifs is 10. The van der Waals surface area contributed by atoms with Gasteiger partial charge in [0.1, 0.15) is 0 Å². The Bertz CT molecular complexity index is 3410. The van der Waals surface area contributed by atoms with E-state index in [1.165, 1.54) is 65.7 Å². The van der Waals surface area contributed by atoms with Crippen molar-refractivity contribution in [2.75, 3.05) is 0 Å². The van der Waals surface area contributed by atoms with Gasteiger partial charge in [0.25, 0.3) is 0 Å². The summed E-state index contributed by atoms with van der Waals surface area (Å²) in [4.78, 5) is 10.8. The van der Waals surface area contributed by atoms with Crippen molar-refractivity contribution in [2.45, 2.75) is 12.3 Å². The molecule has 1 aliphatic carbocycles. The lowest BCUT2D eigenvalue weighted by atomic mass is 9.75. The second-order valence-electron chi connectivity index (χ2n) is 15.3. The van der Waals surface area contributed by atoms with E-state index in [1.807, 2.05) is 0 Å². The highest BCUT2D eigenvalue weighted by Crippen LogP contribution is 2.45. The van der Waals surface area contributed by atoms with Gasteiger partial charge in [-0.1, -0.05) is 158 Å². The fraction of sp³-hybridized carbons (Fsp3) is 0.0370. The van der Waals surface area contributed by atoms with Gasteiger partial charge in [-0.15, -0.1) is 0 Å². The third-order valence-electron chi connectivity index (χ3n) is 12.2. The monoisotopic (exact) mass is 725 g/mol. The molecule has 1 unspecified atom stereocenters. The summed E-state index contributed by atoms with van der Waals surface area (Å²) >= 11 is 0. The van der Waals surface area contributed by atoms with Crippen LogP contribution in [0.3, 0.4) is 0 Å². The lowest BCUT2D eigenvalue weighted by Gasteiger charge is -2.28. The molecule has 266 valence electrons. The van der Waals surface area contributed by atoms with Crippen LogP contribution in [0.25, 0.3) is 93.7 Å². The van der Waals surface area contributed by atoms with Gasteiger partial charge in [0, 0.05) is 27.6 Å². The van der Waals surface area contributed by atoms with Crippen LogP contribution < -0.4 is 0 Å². The first kappa shape index (κ1) is 31.9. The summed E-state index contributed by atoms with van der Waals surface area (Å²) in [6, 6.07) is 70.6. The number of hydrogen-bond acceptors (Lipinski definition) is 2. The first-order valence-electron chi connectivity index (χ1n) is 19.7. The highest BCUT2D eigenvalue weighted by Gasteiger charge is 2.27. The van der Waals surface area contributed by atoms with Crippen molar-refractivity contribution in [1.82, 2.24) is 14.5 Å². The molecule has 0 spiro atoms. The van der Waals surface area contributed by atoms with Crippen molar-refractivity contribution < 1.29 is 0 Å². The molecule has 0 radical (unpaired) electrons. The topological polar surface area (TPSA) is 30.7 Å². The molecular weight excluding hydrogens is 691 g/mol. The zero-order valence-corrected chi connectivity index (χ0v) is 31.1. The zero-order valence-electron chi connectivity index (χ0n) is 31.1. The average molecular weight is 726 g/mol. The Kier molecular flexibility index (Phi) is 7.05. The van der Waals surface area contributed by atoms with E-state index in [0.29, 0.717) is 5.95 Å². The molecule has 0 bridgehead atoms. The van der Waals surface area contributed by atoms with Crippen molar-refractivity contribution in [3.8, 4) is 39.5 Å². The lowest BCUT2D eigenvalue weighted by Crippen LogP contribution is -2.12. The first-order chi connectivity index (χ1) is 28.2. The smallest absolute Gasteiger partial charge is 0.235 e. The van der Waals surface area contributed by atoms with E-state index in [0.717, 1.165) is 45.2 Å². The molecule has 0 aliphatic heterocycles. The first-order valence-corrected chi connectivity index (χ1v) is 19.7. The van der Waals surface area contributed by atoms with Crippen LogP contribution in [-0.2, 0) is 6.42 Å². The van der Waals surface area contributed by atoms with Crippen molar-refractivity contribution in [1.29, 1.82) is 0 Å². The molecule has 12 rings (SSSR count). The molecule has 3 heteroatoms. The van der Waals surface area contributed by atoms with Crippen LogP contribution in [0.1, 0.15) is 22.6 Å². The van der Waals surface area contributed by atoms with E-state index in [9.17, 15) is 0 Å². The van der Waals surface area contributed by atoms with Gasteiger partial charge in [-0.05, 0) is 103 Å². The van der Waals surface area contributed by atoms with Gasteiger partial charge < -0.3 is 0 Å². The Morgan fingerprint density at radius 3 is 2.07 bits per heavy atom. The van der Waals surface area contributed by atoms with Gasteiger partial charge >= 0.3 is 0 Å². The summed E-state index contributed by atoms with van der Waals surface area (Å²) in [6.07, 6.45) is 0.966. The fourth-order valence-corrected chi connectivity index (χ4v) is 9.47. The fourth-order valence-electron chi connectivity index (χ4n) is 9.47. The van der Waals surface area contributed by atoms with Gasteiger partial charge in [0.15, 0.2) is 0 Å². The van der Waals surface area contributed by atoms with Crippen molar-refractivity contribution in [3.63, 3.8) is 0 Å². The van der Waals surface area contributed by atoms with Crippen LogP contribution in [0.4, 0.5) is 0 Å². The van der Waals surface area contributed by atoms with Gasteiger partial charge in [-0.3, -0.25) is 4.57 Å². The van der Waals surface area contributed by atoms with Crippen molar-refractivity contribution in [2.24, 2.45) is 0 Å². The van der Waals surface area contributed by atoms with E-state index < -0.39 is 0 Å². The molecule has 0 saturated carbocycles. The van der Waals surface area contributed by atoms with E-state index in [1.54, 1.807) is 0 Å².